The average Bonchev–Trinajstić information content (AvgIpc) is 2.89. The van der Waals surface area contributed by atoms with E-state index in [1.54, 1.807) is 0 Å². The molecule has 2 aromatic rings. The van der Waals surface area contributed by atoms with Crippen molar-refractivity contribution in [3.8, 4) is 0 Å². The molecule has 0 aliphatic carbocycles. The predicted octanol–water partition coefficient (Wildman–Crippen LogP) is 5.13. The highest BCUT2D eigenvalue weighted by atomic mass is 35.5. The van der Waals surface area contributed by atoms with Gasteiger partial charge in [0, 0.05) is 17.8 Å². The molecule has 130 valence electrons. The van der Waals surface area contributed by atoms with Crippen LogP contribution in [-0.4, -0.2) is 21.0 Å². The molecule has 1 fully saturated rings. The molecular formula is C17H13Cl2F2N3S. The number of anilines is 1. The number of hydrogen-bond donors (Lipinski definition) is 1. The Hall–Kier alpha value is -1.50. The molecular weight excluding hydrogens is 387 g/mol. The summed E-state index contributed by atoms with van der Waals surface area (Å²) in [4.78, 5) is 5.77. The first-order chi connectivity index (χ1) is 12.0. The van der Waals surface area contributed by atoms with E-state index >= 15 is 0 Å². The standard InChI is InChI=1S/C17H13Cl2F2N3S/c18-11-6-13(20)14(7-12(11)19)23-17(25)24-8-1-2-15(24)9-3-4-22-16(21)10(9)5-8/h3-4,6-8,15H,1-2,5H2,(H,23,25)/t8-,15+/m1/s1. The van der Waals surface area contributed by atoms with Gasteiger partial charge in [-0.05, 0) is 55.2 Å². The number of thiocarbonyl (C=S) groups is 1. The number of nitrogens with zero attached hydrogens (tertiary/aromatic N) is 2. The summed E-state index contributed by atoms with van der Waals surface area (Å²) in [6.07, 6.45) is 3.77. The van der Waals surface area contributed by atoms with Gasteiger partial charge in [0.1, 0.15) is 5.82 Å². The van der Waals surface area contributed by atoms with Gasteiger partial charge in [0.25, 0.3) is 0 Å². The molecule has 1 saturated heterocycles. The van der Waals surface area contributed by atoms with Gasteiger partial charge in [0.2, 0.25) is 5.95 Å². The smallest absolute Gasteiger partial charge is 0.216 e. The van der Waals surface area contributed by atoms with Gasteiger partial charge in [0.05, 0.1) is 21.8 Å². The summed E-state index contributed by atoms with van der Waals surface area (Å²) in [6.45, 7) is 0. The fourth-order valence-corrected chi connectivity index (χ4v) is 4.42. The van der Waals surface area contributed by atoms with Crippen LogP contribution in [0.15, 0.2) is 24.4 Å². The van der Waals surface area contributed by atoms with Gasteiger partial charge >= 0.3 is 0 Å². The largest absolute Gasteiger partial charge is 0.339 e. The van der Waals surface area contributed by atoms with Gasteiger partial charge in [-0.1, -0.05) is 23.2 Å². The zero-order valence-electron chi connectivity index (χ0n) is 12.9. The predicted molar refractivity (Wildman–Crippen MR) is 98.1 cm³/mol. The minimum Gasteiger partial charge on any atom is -0.339 e. The summed E-state index contributed by atoms with van der Waals surface area (Å²) < 4.78 is 28.1. The van der Waals surface area contributed by atoms with Crippen molar-refractivity contribution in [3.05, 3.63) is 57.3 Å². The van der Waals surface area contributed by atoms with Gasteiger partial charge < -0.3 is 10.2 Å². The van der Waals surface area contributed by atoms with E-state index in [4.69, 9.17) is 35.4 Å². The van der Waals surface area contributed by atoms with E-state index in [-0.39, 0.29) is 27.8 Å². The maximum atomic E-state index is 14.1. The minimum absolute atomic E-state index is 0.0305. The lowest BCUT2D eigenvalue weighted by Gasteiger charge is -2.38. The Balaban J connectivity index is 1.63. The quantitative estimate of drug-likeness (QED) is 0.408. The minimum atomic E-state index is -0.531. The Morgan fingerprint density at radius 1 is 1.24 bits per heavy atom. The lowest BCUT2D eigenvalue weighted by Crippen LogP contribution is -2.44. The van der Waals surface area contributed by atoms with Gasteiger partial charge in [-0.25, -0.2) is 9.37 Å². The summed E-state index contributed by atoms with van der Waals surface area (Å²) in [5.41, 5.74) is 1.74. The summed E-state index contributed by atoms with van der Waals surface area (Å²) in [7, 11) is 0. The van der Waals surface area contributed by atoms with E-state index in [2.05, 4.69) is 10.3 Å². The van der Waals surface area contributed by atoms with Crippen LogP contribution in [0.2, 0.25) is 10.0 Å². The molecule has 0 radical (unpaired) electrons. The van der Waals surface area contributed by atoms with Crippen LogP contribution in [0, 0.1) is 11.8 Å². The molecule has 2 aliphatic heterocycles. The monoisotopic (exact) mass is 399 g/mol. The number of rotatable bonds is 1. The highest BCUT2D eigenvalue weighted by Crippen LogP contribution is 2.44. The van der Waals surface area contributed by atoms with Crippen LogP contribution >= 0.6 is 35.4 Å². The Labute approximate surface area is 158 Å². The number of fused-ring (bicyclic) bond motifs is 4. The Kier molecular flexibility index (Phi) is 4.30. The third-order valence-electron chi connectivity index (χ3n) is 4.83. The normalized spacial score (nSPS) is 21.2. The molecule has 0 saturated carbocycles. The van der Waals surface area contributed by atoms with E-state index in [1.165, 1.54) is 12.3 Å². The molecule has 0 spiro atoms. The van der Waals surface area contributed by atoms with Crippen molar-refractivity contribution in [2.45, 2.75) is 31.3 Å². The van der Waals surface area contributed by atoms with Crippen LogP contribution in [0.3, 0.4) is 0 Å². The molecule has 1 N–H and O–H groups in total. The zero-order valence-corrected chi connectivity index (χ0v) is 15.2. The summed E-state index contributed by atoms with van der Waals surface area (Å²) in [5, 5.41) is 3.71. The van der Waals surface area contributed by atoms with Crippen LogP contribution in [0.4, 0.5) is 14.5 Å². The third-order valence-corrected chi connectivity index (χ3v) is 5.86. The summed E-state index contributed by atoms with van der Waals surface area (Å²) in [6, 6.07) is 4.43. The Morgan fingerprint density at radius 3 is 2.80 bits per heavy atom. The molecule has 2 atom stereocenters. The second-order valence-corrected chi connectivity index (χ2v) is 7.41. The highest BCUT2D eigenvalue weighted by molar-refractivity contribution is 7.80. The SMILES string of the molecule is Fc1cc(Cl)c(Cl)cc1NC(=S)N1[C@@H]2CC[C@H]1c1ccnc(F)c1C2. The maximum absolute atomic E-state index is 14.1. The van der Waals surface area contributed by atoms with Gasteiger partial charge in [0.15, 0.2) is 5.11 Å². The number of hydrogen-bond acceptors (Lipinski definition) is 2. The first kappa shape index (κ1) is 16.9. The zero-order chi connectivity index (χ0) is 17.7. The molecule has 0 amide bonds. The molecule has 2 bridgehead atoms. The topological polar surface area (TPSA) is 28.2 Å². The third kappa shape index (κ3) is 2.86. The fourth-order valence-electron chi connectivity index (χ4n) is 3.72. The number of pyridine rings is 1. The summed E-state index contributed by atoms with van der Waals surface area (Å²) >= 11 is 17.3. The second kappa shape index (κ2) is 6.34. The molecule has 1 aromatic heterocycles. The van der Waals surface area contributed by atoms with Crippen LogP contribution in [0.1, 0.15) is 30.0 Å². The first-order valence-corrected chi connectivity index (χ1v) is 8.99. The van der Waals surface area contributed by atoms with E-state index < -0.39 is 11.8 Å². The van der Waals surface area contributed by atoms with E-state index in [9.17, 15) is 8.78 Å². The Morgan fingerprint density at radius 2 is 2.00 bits per heavy atom. The highest BCUT2D eigenvalue weighted by Gasteiger charge is 2.42. The van der Waals surface area contributed by atoms with Crippen LogP contribution < -0.4 is 5.32 Å². The molecule has 0 unspecified atom stereocenters. The molecule has 2 aliphatic rings. The molecule has 4 rings (SSSR count). The van der Waals surface area contributed by atoms with Crippen molar-refractivity contribution in [1.82, 2.24) is 9.88 Å². The first-order valence-electron chi connectivity index (χ1n) is 7.83. The Bertz CT molecular complexity index is 877. The number of aromatic nitrogens is 1. The van der Waals surface area contributed by atoms with Crippen molar-refractivity contribution >= 4 is 46.2 Å². The molecule has 8 heteroatoms. The van der Waals surface area contributed by atoms with Gasteiger partial charge in [-0.15, -0.1) is 0 Å². The van der Waals surface area contributed by atoms with Crippen LogP contribution in [0.25, 0.3) is 0 Å². The maximum Gasteiger partial charge on any atom is 0.216 e. The average molecular weight is 400 g/mol. The molecule has 1 aromatic carbocycles. The fraction of sp³-hybridized carbons (Fsp3) is 0.294. The number of benzene rings is 1. The van der Waals surface area contributed by atoms with E-state index in [0.29, 0.717) is 17.1 Å². The van der Waals surface area contributed by atoms with Crippen LogP contribution in [-0.2, 0) is 6.42 Å². The second-order valence-electron chi connectivity index (χ2n) is 6.20. The van der Waals surface area contributed by atoms with Gasteiger partial charge in [-0.3, -0.25) is 0 Å². The van der Waals surface area contributed by atoms with Crippen LogP contribution in [0.5, 0.6) is 0 Å². The van der Waals surface area contributed by atoms with Crippen molar-refractivity contribution < 1.29 is 8.78 Å². The summed E-state index contributed by atoms with van der Waals surface area (Å²) in [5.74, 6) is -0.944. The number of nitrogens with one attached hydrogen (secondary N) is 1. The molecule has 3 nitrogen and oxygen atoms in total. The molecule has 25 heavy (non-hydrogen) atoms. The van der Waals surface area contributed by atoms with Crippen molar-refractivity contribution in [2.75, 3.05) is 5.32 Å². The van der Waals surface area contributed by atoms with Gasteiger partial charge in [-0.2, -0.15) is 4.39 Å². The lowest BCUT2D eigenvalue weighted by atomic mass is 9.95. The lowest BCUT2D eigenvalue weighted by molar-refractivity contribution is 0.292. The van der Waals surface area contributed by atoms with E-state index in [1.807, 2.05) is 11.0 Å². The van der Waals surface area contributed by atoms with Crippen molar-refractivity contribution in [3.63, 3.8) is 0 Å². The molecule has 3 heterocycles. The number of halogens is 4. The van der Waals surface area contributed by atoms with Crippen molar-refractivity contribution in [2.24, 2.45) is 0 Å². The van der Waals surface area contributed by atoms with Crippen molar-refractivity contribution in [1.29, 1.82) is 0 Å². The van der Waals surface area contributed by atoms with E-state index in [0.717, 1.165) is 24.5 Å².